The summed E-state index contributed by atoms with van der Waals surface area (Å²) in [7, 11) is 1.52. The van der Waals surface area contributed by atoms with Crippen molar-refractivity contribution in [2.24, 2.45) is 0 Å². The molecule has 0 fully saturated rings. The molecule has 1 heterocycles. The van der Waals surface area contributed by atoms with E-state index in [4.69, 9.17) is 19.2 Å². The summed E-state index contributed by atoms with van der Waals surface area (Å²) in [5.74, 6) is 1.78. The zero-order valence-corrected chi connectivity index (χ0v) is 12.4. The molecule has 114 valence electrons. The van der Waals surface area contributed by atoms with E-state index < -0.39 is 0 Å². The molecule has 6 heteroatoms. The first-order valence-corrected chi connectivity index (χ1v) is 6.89. The Morgan fingerprint density at radius 2 is 1.91 bits per heavy atom. The topological polar surface area (TPSA) is 81.2 Å². The Bertz CT molecular complexity index is 838. The molecule has 0 saturated heterocycles. The van der Waals surface area contributed by atoms with Crippen molar-refractivity contribution in [3.63, 3.8) is 0 Å². The summed E-state index contributed by atoms with van der Waals surface area (Å²) in [6, 6.07) is 16.5. The van der Waals surface area contributed by atoms with Crippen LogP contribution >= 0.6 is 0 Å². The summed E-state index contributed by atoms with van der Waals surface area (Å²) in [6.07, 6.45) is 0. The van der Waals surface area contributed by atoms with Crippen LogP contribution in [-0.4, -0.2) is 17.3 Å². The minimum absolute atomic E-state index is 0.113. The molecule has 3 rings (SSSR count). The summed E-state index contributed by atoms with van der Waals surface area (Å²) in [5.41, 5.74) is 1.35. The molecule has 0 unspecified atom stereocenters. The highest BCUT2D eigenvalue weighted by molar-refractivity contribution is 5.51. The summed E-state index contributed by atoms with van der Waals surface area (Å²) in [6.45, 7) is 0.113. The van der Waals surface area contributed by atoms with Crippen LogP contribution in [0.5, 0.6) is 11.5 Å². The van der Waals surface area contributed by atoms with E-state index in [9.17, 15) is 0 Å². The van der Waals surface area contributed by atoms with Crippen molar-refractivity contribution in [1.82, 2.24) is 10.2 Å². The van der Waals surface area contributed by atoms with Gasteiger partial charge in [0.15, 0.2) is 18.1 Å². The third-order valence-corrected chi connectivity index (χ3v) is 3.13. The monoisotopic (exact) mass is 307 g/mol. The number of nitrogens with zero attached hydrogens (tertiary/aromatic N) is 3. The van der Waals surface area contributed by atoms with Crippen molar-refractivity contribution in [3.8, 4) is 29.0 Å². The first-order valence-electron chi connectivity index (χ1n) is 6.89. The average Bonchev–Trinajstić information content (AvgIpc) is 3.09. The van der Waals surface area contributed by atoms with Crippen molar-refractivity contribution in [2.45, 2.75) is 6.61 Å². The number of benzene rings is 2. The molecule has 0 atom stereocenters. The highest BCUT2D eigenvalue weighted by Crippen LogP contribution is 2.28. The average molecular weight is 307 g/mol. The maximum Gasteiger partial charge on any atom is 0.254 e. The highest BCUT2D eigenvalue weighted by atomic mass is 16.5. The van der Waals surface area contributed by atoms with E-state index in [1.54, 1.807) is 18.2 Å². The molecule has 3 aromatic rings. The van der Waals surface area contributed by atoms with Gasteiger partial charge in [0.1, 0.15) is 0 Å². The van der Waals surface area contributed by atoms with Gasteiger partial charge in [-0.25, -0.2) is 0 Å². The van der Waals surface area contributed by atoms with Gasteiger partial charge < -0.3 is 13.9 Å². The van der Waals surface area contributed by atoms with Crippen LogP contribution in [0.2, 0.25) is 0 Å². The van der Waals surface area contributed by atoms with Crippen molar-refractivity contribution < 1.29 is 13.9 Å². The van der Waals surface area contributed by atoms with Gasteiger partial charge in [-0.15, -0.1) is 10.2 Å². The van der Waals surface area contributed by atoms with E-state index in [2.05, 4.69) is 10.2 Å². The Hall–Kier alpha value is -3.33. The molecule has 0 radical (unpaired) electrons. The number of nitriles is 1. The fourth-order valence-corrected chi connectivity index (χ4v) is 2.01. The van der Waals surface area contributed by atoms with Gasteiger partial charge >= 0.3 is 0 Å². The van der Waals surface area contributed by atoms with Gasteiger partial charge in [-0.3, -0.25) is 0 Å². The zero-order valence-electron chi connectivity index (χ0n) is 12.4. The number of aromatic nitrogens is 2. The van der Waals surface area contributed by atoms with Gasteiger partial charge in [0.2, 0.25) is 5.89 Å². The Morgan fingerprint density at radius 1 is 1.09 bits per heavy atom. The van der Waals surface area contributed by atoms with Crippen LogP contribution < -0.4 is 9.47 Å². The van der Waals surface area contributed by atoms with Crippen LogP contribution in [0.15, 0.2) is 52.9 Å². The van der Waals surface area contributed by atoms with Crippen LogP contribution in [0.3, 0.4) is 0 Å². The number of hydrogen-bond acceptors (Lipinski definition) is 6. The lowest BCUT2D eigenvalue weighted by molar-refractivity contribution is 0.251. The lowest BCUT2D eigenvalue weighted by Crippen LogP contribution is -1.98. The standard InChI is InChI=1S/C17H13N3O3/c1-21-15-9-12(10-18)7-8-14(15)22-11-16-19-20-17(23-16)13-5-3-2-4-6-13/h2-9H,11H2,1H3. The van der Waals surface area contributed by atoms with Gasteiger partial charge in [-0.1, -0.05) is 18.2 Å². The zero-order chi connectivity index (χ0) is 16.1. The van der Waals surface area contributed by atoms with Crippen LogP contribution in [0, 0.1) is 11.3 Å². The lowest BCUT2D eigenvalue weighted by Gasteiger charge is -2.08. The third-order valence-electron chi connectivity index (χ3n) is 3.13. The van der Waals surface area contributed by atoms with Crippen molar-refractivity contribution in [3.05, 3.63) is 60.0 Å². The van der Waals surface area contributed by atoms with Gasteiger partial charge in [0.05, 0.1) is 18.7 Å². The molecule has 0 aliphatic heterocycles. The van der Waals surface area contributed by atoms with Gasteiger partial charge in [-0.05, 0) is 24.3 Å². The predicted molar refractivity (Wildman–Crippen MR) is 81.8 cm³/mol. The quantitative estimate of drug-likeness (QED) is 0.720. The van der Waals surface area contributed by atoms with Crippen molar-refractivity contribution >= 4 is 0 Å². The second-order valence-corrected chi connectivity index (χ2v) is 4.63. The number of ether oxygens (including phenoxy) is 2. The van der Waals surface area contributed by atoms with Crippen LogP contribution in [0.4, 0.5) is 0 Å². The van der Waals surface area contributed by atoms with E-state index in [1.807, 2.05) is 36.4 Å². The molecule has 0 spiro atoms. The Labute approximate surface area is 132 Å². The predicted octanol–water partition coefficient (Wildman–Crippen LogP) is 3.20. The number of hydrogen-bond donors (Lipinski definition) is 0. The van der Waals surface area contributed by atoms with E-state index in [1.165, 1.54) is 7.11 Å². The lowest BCUT2D eigenvalue weighted by atomic mass is 10.2. The summed E-state index contributed by atoms with van der Waals surface area (Å²) in [4.78, 5) is 0. The van der Waals surface area contributed by atoms with E-state index in [0.29, 0.717) is 28.8 Å². The second-order valence-electron chi connectivity index (χ2n) is 4.63. The molecule has 0 amide bonds. The smallest absolute Gasteiger partial charge is 0.254 e. The first-order chi connectivity index (χ1) is 11.3. The third kappa shape index (κ3) is 3.30. The summed E-state index contributed by atoms with van der Waals surface area (Å²) in [5, 5.41) is 16.8. The van der Waals surface area contributed by atoms with Crippen LogP contribution in [-0.2, 0) is 6.61 Å². The maximum absolute atomic E-state index is 8.89. The molecule has 0 saturated carbocycles. The molecule has 2 aromatic carbocycles. The molecular formula is C17H13N3O3. The van der Waals surface area contributed by atoms with E-state index >= 15 is 0 Å². The molecule has 23 heavy (non-hydrogen) atoms. The van der Waals surface area contributed by atoms with Gasteiger partial charge in [0, 0.05) is 11.6 Å². The number of rotatable bonds is 5. The van der Waals surface area contributed by atoms with E-state index in [0.717, 1.165) is 5.56 Å². The molecular weight excluding hydrogens is 294 g/mol. The minimum Gasteiger partial charge on any atom is -0.493 e. The second kappa shape index (κ2) is 6.62. The molecule has 0 aliphatic carbocycles. The van der Waals surface area contributed by atoms with Gasteiger partial charge in [0.25, 0.3) is 5.89 Å². The van der Waals surface area contributed by atoms with Crippen LogP contribution in [0.1, 0.15) is 11.5 Å². The molecule has 0 aliphatic rings. The Balaban J connectivity index is 1.72. The molecule has 1 aromatic heterocycles. The fraction of sp³-hybridized carbons (Fsp3) is 0.118. The van der Waals surface area contributed by atoms with Crippen LogP contribution in [0.25, 0.3) is 11.5 Å². The van der Waals surface area contributed by atoms with E-state index in [-0.39, 0.29) is 6.61 Å². The normalized spacial score (nSPS) is 10.1. The minimum atomic E-state index is 0.113. The number of methoxy groups -OCH3 is 1. The van der Waals surface area contributed by atoms with Crippen molar-refractivity contribution in [2.75, 3.05) is 7.11 Å². The van der Waals surface area contributed by atoms with Gasteiger partial charge in [-0.2, -0.15) is 5.26 Å². The van der Waals surface area contributed by atoms with Crippen molar-refractivity contribution in [1.29, 1.82) is 5.26 Å². The molecule has 0 bridgehead atoms. The SMILES string of the molecule is COc1cc(C#N)ccc1OCc1nnc(-c2ccccc2)o1. The largest absolute Gasteiger partial charge is 0.493 e. The highest BCUT2D eigenvalue weighted by Gasteiger charge is 2.11. The molecule has 6 nitrogen and oxygen atoms in total. The first kappa shape index (κ1) is 14.6. The Kier molecular flexibility index (Phi) is 4.20. The maximum atomic E-state index is 8.89. The Morgan fingerprint density at radius 3 is 2.65 bits per heavy atom. The molecule has 0 N–H and O–H groups in total. The summed E-state index contributed by atoms with van der Waals surface area (Å²) < 4.78 is 16.4. The fourth-order valence-electron chi connectivity index (χ4n) is 2.01. The summed E-state index contributed by atoms with van der Waals surface area (Å²) >= 11 is 0.